The highest BCUT2D eigenvalue weighted by Crippen LogP contribution is 2.39. The molecule has 1 heteroatoms. The van der Waals surface area contributed by atoms with E-state index in [1.54, 1.807) is 0 Å². The summed E-state index contributed by atoms with van der Waals surface area (Å²) in [4.78, 5) is 2.64. The molecule has 1 rings (SSSR count). The lowest BCUT2D eigenvalue weighted by molar-refractivity contribution is 0.150. The summed E-state index contributed by atoms with van der Waals surface area (Å²) < 4.78 is 0. The van der Waals surface area contributed by atoms with Crippen molar-refractivity contribution in [1.82, 2.24) is 4.90 Å². The fourth-order valence-corrected chi connectivity index (χ4v) is 3.43. The Hall–Kier alpha value is -0.480. The van der Waals surface area contributed by atoms with E-state index in [9.17, 15) is 0 Å². The smallest absolute Gasteiger partial charge is 0.0123 e. The van der Waals surface area contributed by atoms with Gasteiger partial charge >= 0.3 is 0 Å². The van der Waals surface area contributed by atoms with E-state index in [-0.39, 0.29) is 0 Å². The summed E-state index contributed by atoms with van der Waals surface area (Å²) in [5.41, 5.74) is 0. The second-order valence-corrected chi connectivity index (χ2v) is 5.74. The molecule has 0 heterocycles. The SMILES string of the molecule is CC#CCC1CC(N(CC)CC)CC[C]1CCCC. The van der Waals surface area contributed by atoms with Crippen molar-refractivity contribution in [3.8, 4) is 11.8 Å². The van der Waals surface area contributed by atoms with Crippen LogP contribution in [-0.4, -0.2) is 24.0 Å². The molecule has 1 saturated carbocycles. The van der Waals surface area contributed by atoms with Gasteiger partial charge in [-0.2, -0.15) is 0 Å². The first-order chi connectivity index (χ1) is 9.26. The van der Waals surface area contributed by atoms with Gasteiger partial charge in [-0.05, 0) is 57.5 Å². The first-order valence-corrected chi connectivity index (χ1v) is 8.24. The first-order valence-electron chi connectivity index (χ1n) is 8.24. The Labute approximate surface area is 121 Å². The van der Waals surface area contributed by atoms with E-state index in [1.807, 2.05) is 12.8 Å². The third-order valence-corrected chi connectivity index (χ3v) is 4.64. The molecule has 0 spiro atoms. The highest BCUT2D eigenvalue weighted by Gasteiger charge is 2.31. The molecule has 0 aromatic heterocycles. The average Bonchev–Trinajstić information content (AvgIpc) is 2.45. The van der Waals surface area contributed by atoms with E-state index >= 15 is 0 Å². The molecule has 1 radical (unpaired) electrons. The zero-order chi connectivity index (χ0) is 14.1. The van der Waals surface area contributed by atoms with Crippen molar-refractivity contribution in [2.24, 2.45) is 5.92 Å². The van der Waals surface area contributed by atoms with Crippen LogP contribution in [0.25, 0.3) is 0 Å². The molecule has 0 saturated heterocycles. The van der Waals surface area contributed by atoms with Crippen molar-refractivity contribution in [3.05, 3.63) is 5.92 Å². The number of unbranched alkanes of at least 4 members (excludes halogenated alkanes) is 1. The lowest BCUT2D eigenvalue weighted by Gasteiger charge is -2.40. The predicted octanol–water partition coefficient (Wildman–Crippen LogP) is 4.67. The largest absolute Gasteiger partial charge is 0.301 e. The molecule has 0 N–H and O–H groups in total. The standard InChI is InChI=1S/C18H32N/c1-5-9-11-16-13-14-18(19(7-3)8-4)15-17(16)12-10-6-2/h17-18H,5,7-9,11-15H2,1-4H3. The Kier molecular flexibility index (Phi) is 8.22. The van der Waals surface area contributed by atoms with E-state index in [4.69, 9.17) is 0 Å². The third-order valence-electron chi connectivity index (χ3n) is 4.64. The lowest BCUT2D eigenvalue weighted by Crippen LogP contribution is -2.40. The van der Waals surface area contributed by atoms with Gasteiger partial charge in [0.2, 0.25) is 0 Å². The Morgan fingerprint density at radius 1 is 1.21 bits per heavy atom. The minimum absolute atomic E-state index is 0.762. The molecule has 109 valence electrons. The van der Waals surface area contributed by atoms with Crippen molar-refractivity contribution in [1.29, 1.82) is 0 Å². The summed E-state index contributed by atoms with van der Waals surface area (Å²) in [6.07, 6.45) is 9.17. The molecule has 0 amide bonds. The molecular formula is C18H32N. The topological polar surface area (TPSA) is 3.24 Å². The number of nitrogens with zero attached hydrogens (tertiary/aromatic N) is 1. The molecule has 2 atom stereocenters. The van der Waals surface area contributed by atoms with Gasteiger partial charge in [0.1, 0.15) is 0 Å². The lowest BCUT2D eigenvalue weighted by atomic mass is 9.73. The van der Waals surface area contributed by atoms with Crippen LogP contribution in [-0.2, 0) is 0 Å². The monoisotopic (exact) mass is 262 g/mol. The molecule has 1 aliphatic rings. The van der Waals surface area contributed by atoms with Crippen molar-refractivity contribution in [2.75, 3.05) is 13.1 Å². The van der Waals surface area contributed by atoms with Gasteiger partial charge in [0.25, 0.3) is 0 Å². The number of hydrogen-bond donors (Lipinski definition) is 0. The maximum absolute atomic E-state index is 3.33. The Bertz CT molecular complexity index is 282. The van der Waals surface area contributed by atoms with E-state index in [0.717, 1.165) is 18.4 Å². The van der Waals surface area contributed by atoms with Gasteiger partial charge in [-0.3, -0.25) is 0 Å². The van der Waals surface area contributed by atoms with E-state index in [2.05, 4.69) is 37.5 Å². The molecule has 1 nitrogen and oxygen atoms in total. The van der Waals surface area contributed by atoms with E-state index in [0.29, 0.717) is 0 Å². The van der Waals surface area contributed by atoms with Crippen LogP contribution in [0.1, 0.15) is 72.6 Å². The molecule has 0 aromatic rings. The van der Waals surface area contributed by atoms with E-state index in [1.165, 1.54) is 51.6 Å². The van der Waals surface area contributed by atoms with E-state index < -0.39 is 0 Å². The summed E-state index contributed by atoms with van der Waals surface area (Å²) >= 11 is 0. The third kappa shape index (κ3) is 5.19. The highest BCUT2D eigenvalue weighted by molar-refractivity contribution is 5.08. The van der Waals surface area contributed by atoms with Crippen molar-refractivity contribution >= 4 is 0 Å². The molecule has 19 heavy (non-hydrogen) atoms. The molecule has 1 fully saturated rings. The summed E-state index contributed by atoms with van der Waals surface area (Å²) in [7, 11) is 0. The van der Waals surface area contributed by atoms with Gasteiger partial charge in [0, 0.05) is 12.5 Å². The number of hydrogen-bond acceptors (Lipinski definition) is 1. The molecule has 2 unspecified atom stereocenters. The molecule has 0 aromatic carbocycles. The normalized spacial score (nSPS) is 24.3. The maximum Gasteiger partial charge on any atom is 0.0123 e. The van der Waals surface area contributed by atoms with Gasteiger partial charge in [0.15, 0.2) is 0 Å². The van der Waals surface area contributed by atoms with Gasteiger partial charge in [-0.1, -0.05) is 33.6 Å². The molecular weight excluding hydrogens is 230 g/mol. The summed E-state index contributed by atoms with van der Waals surface area (Å²) in [6.45, 7) is 11.2. The van der Waals surface area contributed by atoms with Crippen LogP contribution in [0.4, 0.5) is 0 Å². The first kappa shape index (κ1) is 16.6. The van der Waals surface area contributed by atoms with Gasteiger partial charge < -0.3 is 4.90 Å². The maximum atomic E-state index is 3.33. The Morgan fingerprint density at radius 2 is 1.95 bits per heavy atom. The van der Waals surface area contributed by atoms with Crippen LogP contribution in [0.3, 0.4) is 0 Å². The van der Waals surface area contributed by atoms with Crippen molar-refractivity contribution < 1.29 is 0 Å². The van der Waals surface area contributed by atoms with Crippen LogP contribution in [0.5, 0.6) is 0 Å². The van der Waals surface area contributed by atoms with Crippen LogP contribution < -0.4 is 0 Å². The van der Waals surface area contributed by atoms with Gasteiger partial charge in [-0.15, -0.1) is 11.8 Å². The Morgan fingerprint density at radius 3 is 2.53 bits per heavy atom. The minimum Gasteiger partial charge on any atom is -0.301 e. The molecule has 0 aliphatic heterocycles. The minimum atomic E-state index is 0.762. The fraction of sp³-hybridized carbons (Fsp3) is 0.833. The summed E-state index contributed by atoms with van der Waals surface area (Å²) in [6, 6.07) is 0.795. The average molecular weight is 262 g/mol. The molecule has 0 bridgehead atoms. The van der Waals surface area contributed by atoms with Crippen LogP contribution in [0.2, 0.25) is 0 Å². The quantitative estimate of drug-likeness (QED) is 0.602. The fourth-order valence-electron chi connectivity index (χ4n) is 3.43. The molecule has 1 aliphatic carbocycles. The van der Waals surface area contributed by atoms with Crippen LogP contribution >= 0.6 is 0 Å². The Balaban J connectivity index is 2.60. The van der Waals surface area contributed by atoms with Crippen molar-refractivity contribution in [2.45, 2.75) is 78.7 Å². The zero-order valence-electron chi connectivity index (χ0n) is 13.5. The van der Waals surface area contributed by atoms with Crippen LogP contribution in [0, 0.1) is 23.7 Å². The second-order valence-electron chi connectivity index (χ2n) is 5.74. The number of rotatable bonds is 7. The van der Waals surface area contributed by atoms with Gasteiger partial charge in [0.05, 0.1) is 0 Å². The summed E-state index contributed by atoms with van der Waals surface area (Å²) in [5.74, 6) is 8.99. The predicted molar refractivity (Wildman–Crippen MR) is 84.9 cm³/mol. The second kappa shape index (κ2) is 9.43. The summed E-state index contributed by atoms with van der Waals surface area (Å²) in [5, 5.41) is 0. The zero-order valence-corrected chi connectivity index (χ0v) is 13.5. The van der Waals surface area contributed by atoms with Crippen LogP contribution in [0.15, 0.2) is 0 Å². The highest BCUT2D eigenvalue weighted by atomic mass is 15.1. The van der Waals surface area contributed by atoms with Gasteiger partial charge in [-0.25, -0.2) is 0 Å². The van der Waals surface area contributed by atoms with Crippen molar-refractivity contribution in [3.63, 3.8) is 0 Å².